The third-order valence-electron chi connectivity index (χ3n) is 2.52. The van der Waals surface area contributed by atoms with E-state index in [0.717, 1.165) is 0 Å². The molecule has 0 aliphatic heterocycles. The Labute approximate surface area is 96.0 Å². The molecule has 6 nitrogen and oxygen atoms in total. The summed E-state index contributed by atoms with van der Waals surface area (Å²) in [6.45, 7) is 6.64. The van der Waals surface area contributed by atoms with E-state index in [-0.39, 0.29) is 11.7 Å². The molecule has 0 atom stereocenters. The van der Waals surface area contributed by atoms with Crippen molar-refractivity contribution in [1.82, 2.24) is 4.90 Å². The van der Waals surface area contributed by atoms with Crippen LogP contribution in [-0.2, 0) is 9.53 Å². The van der Waals surface area contributed by atoms with Gasteiger partial charge in [-0.1, -0.05) is 5.16 Å². The summed E-state index contributed by atoms with van der Waals surface area (Å²) in [5, 5.41) is 11.5. The molecule has 0 aromatic rings. The maximum absolute atomic E-state index is 12.1. The summed E-state index contributed by atoms with van der Waals surface area (Å²) in [4.78, 5) is 13.7. The molecule has 6 heteroatoms. The first-order valence-corrected chi connectivity index (χ1v) is 5.18. The lowest BCUT2D eigenvalue weighted by atomic mass is 9.90. The van der Waals surface area contributed by atoms with Gasteiger partial charge in [-0.25, -0.2) is 0 Å². The highest BCUT2D eigenvalue weighted by Crippen LogP contribution is 2.19. The number of likely N-dealkylation sites (N-methyl/N-ethyl adjacent to an activating group) is 1. The van der Waals surface area contributed by atoms with Crippen molar-refractivity contribution < 1.29 is 14.7 Å². The lowest BCUT2D eigenvalue weighted by Gasteiger charge is -2.30. The van der Waals surface area contributed by atoms with Gasteiger partial charge in [-0.2, -0.15) is 0 Å². The Bertz CT molecular complexity index is 264. The Kier molecular flexibility index (Phi) is 5.81. The topological polar surface area (TPSA) is 88.2 Å². The van der Waals surface area contributed by atoms with Crippen molar-refractivity contribution in [1.29, 1.82) is 0 Å². The summed E-state index contributed by atoms with van der Waals surface area (Å²) in [6, 6.07) is 0. The number of oxime groups is 1. The van der Waals surface area contributed by atoms with Crippen LogP contribution >= 0.6 is 0 Å². The van der Waals surface area contributed by atoms with Gasteiger partial charge in [0.15, 0.2) is 5.84 Å². The molecular weight excluding hydrogens is 210 g/mol. The summed E-state index contributed by atoms with van der Waals surface area (Å²) < 4.78 is 4.92. The second-order valence-corrected chi connectivity index (χ2v) is 3.99. The molecule has 1 amide bonds. The van der Waals surface area contributed by atoms with Crippen molar-refractivity contribution in [3.63, 3.8) is 0 Å². The van der Waals surface area contributed by atoms with E-state index in [9.17, 15) is 4.79 Å². The first-order valence-electron chi connectivity index (χ1n) is 5.18. The van der Waals surface area contributed by atoms with Crippen LogP contribution in [0.4, 0.5) is 0 Å². The van der Waals surface area contributed by atoms with Gasteiger partial charge in [-0.05, 0) is 20.8 Å². The average Bonchev–Trinajstić information content (AvgIpc) is 2.28. The first kappa shape index (κ1) is 14.7. The predicted molar refractivity (Wildman–Crippen MR) is 61.3 cm³/mol. The zero-order valence-corrected chi connectivity index (χ0v) is 10.4. The minimum Gasteiger partial charge on any atom is -0.409 e. The summed E-state index contributed by atoms with van der Waals surface area (Å²) in [7, 11) is 1.58. The van der Waals surface area contributed by atoms with Crippen LogP contribution in [0.5, 0.6) is 0 Å². The number of carbonyl (C=O) groups excluding carboxylic acids is 1. The number of amides is 1. The first-order chi connectivity index (χ1) is 7.41. The average molecular weight is 231 g/mol. The van der Waals surface area contributed by atoms with E-state index in [0.29, 0.717) is 19.7 Å². The molecule has 0 saturated carbocycles. The fourth-order valence-electron chi connectivity index (χ4n) is 1.23. The Hall–Kier alpha value is -1.30. The molecule has 16 heavy (non-hydrogen) atoms. The Morgan fingerprint density at radius 2 is 2.12 bits per heavy atom. The molecule has 0 saturated heterocycles. The molecule has 94 valence electrons. The maximum atomic E-state index is 12.1. The van der Waals surface area contributed by atoms with Crippen molar-refractivity contribution in [3.05, 3.63) is 0 Å². The molecule has 3 N–H and O–H groups in total. The largest absolute Gasteiger partial charge is 0.409 e. The highest BCUT2D eigenvalue weighted by Gasteiger charge is 2.35. The van der Waals surface area contributed by atoms with Crippen LogP contribution < -0.4 is 5.73 Å². The van der Waals surface area contributed by atoms with E-state index >= 15 is 0 Å². The number of ether oxygens (including phenoxy) is 1. The van der Waals surface area contributed by atoms with Crippen molar-refractivity contribution in [2.45, 2.75) is 20.8 Å². The van der Waals surface area contributed by atoms with Crippen molar-refractivity contribution in [3.8, 4) is 0 Å². The van der Waals surface area contributed by atoms with Crippen LogP contribution in [0, 0.1) is 5.41 Å². The SMILES string of the molecule is CCN(CCOC)C(=O)C(C)(C)C(N)=NO. The number of rotatable bonds is 6. The Balaban J connectivity index is 4.73. The van der Waals surface area contributed by atoms with Gasteiger partial charge in [0.25, 0.3) is 0 Å². The van der Waals surface area contributed by atoms with Crippen molar-refractivity contribution >= 4 is 11.7 Å². The molecule has 0 aromatic carbocycles. The quantitative estimate of drug-likeness (QED) is 0.297. The van der Waals surface area contributed by atoms with E-state index < -0.39 is 5.41 Å². The second kappa shape index (κ2) is 6.32. The van der Waals surface area contributed by atoms with E-state index in [4.69, 9.17) is 15.7 Å². The normalized spacial score (nSPS) is 12.6. The molecule has 0 aliphatic carbocycles. The number of nitrogens with two attached hydrogens (primary N) is 1. The molecule has 0 bridgehead atoms. The standard InChI is InChI=1S/C10H21N3O3/c1-5-13(6-7-16-4)9(14)10(2,3)8(11)12-15/h15H,5-7H2,1-4H3,(H2,11,12). The smallest absolute Gasteiger partial charge is 0.236 e. The van der Waals surface area contributed by atoms with Gasteiger partial charge in [0.1, 0.15) is 5.41 Å². The van der Waals surface area contributed by atoms with Gasteiger partial charge in [0.2, 0.25) is 5.91 Å². The minimum atomic E-state index is -1.00. The van der Waals surface area contributed by atoms with Gasteiger partial charge in [0.05, 0.1) is 6.61 Å². The molecule has 0 spiro atoms. The van der Waals surface area contributed by atoms with Gasteiger partial charge in [-0.3, -0.25) is 4.79 Å². The van der Waals surface area contributed by atoms with Crippen LogP contribution in [0.15, 0.2) is 5.16 Å². The summed E-state index contributed by atoms with van der Waals surface area (Å²) >= 11 is 0. The van der Waals surface area contributed by atoms with Crippen LogP contribution in [0.1, 0.15) is 20.8 Å². The Morgan fingerprint density at radius 3 is 2.50 bits per heavy atom. The highest BCUT2D eigenvalue weighted by atomic mass is 16.5. The lowest BCUT2D eigenvalue weighted by molar-refractivity contribution is -0.137. The number of methoxy groups -OCH3 is 1. The van der Waals surface area contributed by atoms with Crippen LogP contribution in [0.2, 0.25) is 0 Å². The van der Waals surface area contributed by atoms with Crippen molar-refractivity contribution in [2.24, 2.45) is 16.3 Å². The summed E-state index contributed by atoms with van der Waals surface area (Å²) in [5.41, 5.74) is 4.49. The van der Waals surface area contributed by atoms with Crippen molar-refractivity contribution in [2.75, 3.05) is 26.8 Å². The van der Waals surface area contributed by atoms with Gasteiger partial charge in [-0.15, -0.1) is 0 Å². The number of carbonyl (C=O) groups is 1. The highest BCUT2D eigenvalue weighted by molar-refractivity contribution is 6.05. The molecule has 0 radical (unpaired) electrons. The minimum absolute atomic E-state index is 0.0895. The molecule has 0 rings (SSSR count). The van der Waals surface area contributed by atoms with Gasteiger partial charge >= 0.3 is 0 Å². The van der Waals surface area contributed by atoms with Gasteiger partial charge < -0.3 is 20.6 Å². The molecule has 0 aliphatic rings. The van der Waals surface area contributed by atoms with E-state index in [1.807, 2.05) is 6.92 Å². The molecule has 0 fully saturated rings. The third-order valence-corrected chi connectivity index (χ3v) is 2.52. The molecule has 0 aromatic heterocycles. The third kappa shape index (κ3) is 3.37. The molecular formula is C10H21N3O3. The van der Waals surface area contributed by atoms with Crippen LogP contribution in [0.25, 0.3) is 0 Å². The zero-order valence-electron chi connectivity index (χ0n) is 10.4. The van der Waals surface area contributed by atoms with Gasteiger partial charge in [0, 0.05) is 20.2 Å². The fourth-order valence-corrected chi connectivity index (χ4v) is 1.23. The predicted octanol–water partition coefficient (Wildman–Crippen LogP) is 0.254. The maximum Gasteiger partial charge on any atom is 0.236 e. The monoisotopic (exact) mass is 231 g/mol. The number of hydrogen-bond donors (Lipinski definition) is 2. The zero-order chi connectivity index (χ0) is 12.8. The van der Waals surface area contributed by atoms with E-state index in [1.54, 1.807) is 25.9 Å². The summed E-state index contributed by atoms with van der Waals surface area (Å²) in [6.07, 6.45) is 0. The number of hydrogen-bond acceptors (Lipinski definition) is 4. The van der Waals surface area contributed by atoms with Crippen LogP contribution in [-0.4, -0.2) is 48.7 Å². The van der Waals surface area contributed by atoms with E-state index in [2.05, 4.69) is 5.16 Å². The second-order valence-electron chi connectivity index (χ2n) is 3.99. The fraction of sp³-hybridized carbons (Fsp3) is 0.800. The number of nitrogens with zero attached hydrogens (tertiary/aromatic N) is 2. The summed E-state index contributed by atoms with van der Waals surface area (Å²) in [5.74, 6) is -0.268. The molecule has 0 heterocycles. The lowest BCUT2D eigenvalue weighted by Crippen LogP contribution is -2.48. The molecule has 0 unspecified atom stereocenters. The van der Waals surface area contributed by atoms with E-state index in [1.165, 1.54) is 0 Å². The number of amidine groups is 1. The van der Waals surface area contributed by atoms with Crippen LogP contribution in [0.3, 0.4) is 0 Å². The Morgan fingerprint density at radius 1 is 1.56 bits per heavy atom.